The quantitative estimate of drug-likeness (QED) is 0.879. The van der Waals surface area contributed by atoms with E-state index in [1.54, 1.807) is 11.8 Å². The molecule has 0 bridgehead atoms. The first kappa shape index (κ1) is 13.6. The molecule has 1 aromatic heterocycles. The highest BCUT2D eigenvalue weighted by Crippen LogP contribution is 2.38. The van der Waals surface area contributed by atoms with Gasteiger partial charge in [-0.05, 0) is 44.0 Å². The highest BCUT2D eigenvalue weighted by molar-refractivity contribution is 7.99. The van der Waals surface area contributed by atoms with Crippen molar-refractivity contribution in [2.75, 3.05) is 7.05 Å². The Bertz CT molecular complexity index is 600. The Kier molecular flexibility index (Phi) is 4.03. The first-order valence-electron chi connectivity index (χ1n) is 6.99. The highest BCUT2D eigenvalue weighted by Gasteiger charge is 2.29. The molecule has 4 heteroatoms. The average molecular weight is 285 g/mol. The summed E-state index contributed by atoms with van der Waals surface area (Å²) in [5.74, 6) is 0. The minimum absolute atomic E-state index is 0.370. The summed E-state index contributed by atoms with van der Waals surface area (Å²) < 4.78 is 0. The fourth-order valence-electron chi connectivity index (χ4n) is 2.82. The first-order valence-corrected chi connectivity index (χ1v) is 7.87. The number of fused-ring (bicyclic) bond motifs is 1. The fourth-order valence-corrected chi connectivity index (χ4v) is 4.06. The zero-order valence-corrected chi connectivity index (χ0v) is 12.7. The Morgan fingerprint density at radius 3 is 2.90 bits per heavy atom. The van der Waals surface area contributed by atoms with E-state index in [0.717, 1.165) is 23.7 Å². The van der Waals surface area contributed by atoms with Crippen LogP contribution in [0, 0.1) is 6.92 Å². The molecule has 104 valence electrons. The van der Waals surface area contributed by atoms with E-state index in [4.69, 9.17) is 0 Å². The lowest BCUT2D eigenvalue weighted by atomic mass is 9.87. The largest absolute Gasteiger partial charge is 0.312 e. The molecule has 0 saturated carbocycles. The normalized spacial score (nSPS) is 21.5. The Morgan fingerprint density at radius 1 is 1.25 bits per heavy atom. The van der Waals surface area contributed by atoms with Crippen molar-refractivity contribution in [1.29, 1.82) is 0 Å². The van der Waals surface area contributed by atoms with Gasteiger partial charge in [0.25, 0.3) is 0 Å². The lowest BCUT2D eigenvalue weighted by molar-refractivity contribution is 0.509. The SMILES string of the molecule is CNC1c2ccccc2CCC1Sc1nccc(C)n1. The van der Waals surface area contributed by atoms with Crippen molar-refractivity contribution in [2.45, 2.75) is 36.2 Å². The van der Waals surface area contributed by atoms with Gasteiger partial charge in [0, 0.05) is 23.2 Å². The van der Waals surface area contributed by atoms with Crippen LogP contribution in [0.2, 0.25) is 0 Å². The molecular formula is C16H19N3S. The molecule has 1 heterocycles. The van der Waals surface area contributed by atoms with E-state index in [1.165, 1.54) is 11.1 Å². The van der Waals surface area contributed by atoms with Crippen molar-refractivity contribution in [1.82, 2.24) is 15.3 Å². The lowest BCUT2D eigenvalue weighted by Crippen LogP contribution is -2.32. The predicted octanol–water partition coefficient (Wildman–Crippen LogP) is 3.15. The summed E-state index contributed by atoms with van der Waals surface area (Å²) in [7, 11) is 2.04. The van der Waals surface area contributed by atoms with E-state index in [1.807, 2.05) is 26.2 Å². The maximum Gasteiger partial charge on any atom is 0.188 e. The lowest BCUT2D eigenvalue weighted by Gasteiger charge is -2.32. The van der Waals surface area contributed by atoms with Crippen LogP contribution in [0.1, 0.15) is 29.3 Å². The van der Waals surface area contributed by atoms with Gasteiger partial charge in [-0.1, -0.05) is 36.0 Å². The molecule has 2 atom stereocenters. The smallest absolute Gasteiger partial charge is 0.188 e. The van der Waals surface area contributed by atoms with Crippen LogP contribution in [-0.2, 0) is 6.42 Å². The van der Waals surface area contributed by atoms with Crippen LogP contribution < -0.4 is 5.32 Å². The van der Waals surface area contributed by atoms with Gasteiger partial charge in [-0.15, -0.1) is 0 Å². The van der Waals surface area contributed by atoms with Crippen molar-refractivity contribution in [3.05, 3.63) is 53.3 Å². The van der Waals surface area contributed by atoms with Gasteiger partial charge >= 0.3 is 0 Å². The van der Waals surface area contributed by atoms with Gasteiger partial charge < -0.3 is 5.32 Å². The number of nitrogens with zero attached hydrogens (tertiary/aromatic N) is 2. The number of nitrogens with one attached hydrogen (secondary N) is 1. The summed E-state index contributed by atoms with van der Waals surface area (Å²) in [4.78, 5) is 8.90. The van der Waals surface area contributed by atoms with Crippen LogP contribution in [-0.4, -0.2) is 22.3 Å². The van der Waals surface area contributed by atoms with Crippen molar-refractivity contribution < 1.29 is 0 Å². The number of hydrogen-bond acceptors (Lipinski definition) is 4. The molecule has 0 radical (unpaired) electrons. The van der Waals surface area contributed by atoms with E-state index >= 15 is 0 Å². The molecule has 0 amide bonds. The predicted molar refractivity (Wildman–Crippen MR) is 83.0 cm³/mol. The van der Waals surface area contributed by atoms with Gasteiger partial charge in [0.05, 0.1) is 0 Å². The van der Waals surface area contributed by atoms with Crippen molar-refractivity contribution >= 4 is 11.8 Å². The molecule has 2 aromatic rings. The van der Waals surface area contributed by atoms with Gasteiger partial charge in [0.15, 0.2) is 5.16 Å². The molecule has 0 saturated heterocycles. The Morgan fingerprint density at radius 2 is 2.10 bits per heavy atom. The molecule has 3 rings (SSSR count). The van der Waals surface area contributed by atoms with Gasteiger partial charge in [0.1, 0.15) is 0 Å². The second-order valence-electron chi connectivity index (χ2n) is 5.14. The Hall–Kier alpha value is -1.39. The van der Waals surface area contributed by atoms with Crippen LogP contribution >= 0.6 is 11.8 Å². The topological polar surface area (TPSA) is 37.8 Å². The minimum atomic E-state index is 0.370. The van der Waals surface area contributed by atoms with Crippen LogP contribution in [0.5, 0.6) is 0 Å². The number of hydrogen-bond donors (Lipinski definition) is 1. The summed E-state index contributed by atoms with van der Waals surface area (Å²) in [6.07, 6.45) is 4.14. The summed E-state index contributed by atoms with van der Waals surface area (Å²) >= 11 is 1.79. The molecule has 0 spiro atoms. The number of aryl methyl sites for hydroxylation is 2. The third-order valence-corrected chi connectivity index (χ3v) is 5.02. The Balaban J connectivity index is 1.84. The van der Waals surface area contributed by atoms with Crippen LogP contribution in [0.3, 0.4) is 0 Å². The third kappa shape index (κ3) is 2.72. The zero-order valence-electron chi connectivity index (χ0n) is 11.8. The average Bonchev–Trinajstić information content (AvgIpc) is 2.47. The summed E-state index contributed by atoms with van der Waals surface area (Å²) in [6, 6.07) is 11.0. The molecule has 1 aliphatic rings. The zero-order chi connectivity index (χ0) is 13.9. The molecule has 0 fully saturated rings. The maximum absolute atomic E-state index is 4.52. The number of aromatic nitrogens is 2. The van der Waals surface area contributed by atoms with E-state index in [9.17, 15) is 0 Å². The van der Waals surface area contributed by atoms with Gasteiger partial charge in [-0.25, -0.2) is 9.97 Å². The van der Waals surface area contributed by atoms with Crippen LogP contribution in [0.4, 0.5) is 0 Å². The number of benzene rings is 1. The fraction of sp³-hybridized carbons (Fsp3) is 0.375. The Labute approximate surface area is 124 Å². The maximum atomic E-state index is 4.52. The van der Waals surface area contributed by atoms with Crippen molar-refractivity contribution in [2.24, 2.45) is 0 Å². The highest BCUT2D eigenvalue weighted by atomic mass is 32.2. The number of thioether (sulfide) groups is 1. The third-order valence-electron chi connectivity index (χ3n) is 3.80. The second-order valence-corrected chi connectivity index (χ2v) is 6.35. The summed E-state index contributed by atoms with van der Waals surface area (Å²) in [5, 5.41) is 4.84. The van der Waals surface area contributed by atoms with Crippen molar-refractivity contribution in [3.8, 4) is 0 Å². The molecule has 20 heavy (non-hydrogen) atoms. The molecule has 1 aliphatic carbocycles. The van der Waals surface area contributed by atoms with Crippen LogP contribution in [0.25, 0.3) is 0 Å². The van der Waals surface area contributed by atoms with Gasteiger partial charge in [-0.3, -0.25) is 0 Å². The summed E-state index contributed by atoms with van der Waals surface area (Å²) in [6.45, 7) is 2.01. The molecule has 3 nitrogen and oxygen atoms in total. The van der Waals surface area contributed by atoms with E-state index < -0.39 is 0 Å². The number of rotatable bonds is 3. The monoisotopic (exact) mass is 285 g/mol. The van der Waals surface area contributed by atoms with E-state index in [-0.39, 0.29) is 0 Å². The minimum Gasteiger partial charge on any atom is -0.312 e. The molecule has 1 N–H and O–H groups in total. The van der Waals surface area contributed by atoms with Crippen molar-refractivity contribution in [3.63, 3.8) is 0 Å². The molecule has 1 aromatic carbocycles. The molecular weight excluding hydrogens is 266 g/mol. The van der Waals surface area contributed by atoms with E-state index in [0.29, 0.717) is 11.3 Å². The second kappa shape index (κ2) is 5.94. The molecule has 2 unspecified atom stereocenters. The standard InChI is InChI=1S/C16H19N3S/c1-11-9-10-18-16(19-11)20-14-8-7-12-5-3-4-6-13(12)15(14)17-2/h3-6,9-10,14-15,17H,7-8H2,1-2H3. The van der Waals surface area contributed by atoms with Gasteiger partial charge in [-0.2, -0.15) is 0 Å². The summed E-state index contributed by atoms with van der Waals surface area (Å²) in [5.41, 5.74) is 3.92. The van der Waals surface area contributed by atoms with Gasteiger partial charge in [0.2, 0.25) is 0 Å². The molecule has 0 aliphatic heterocycles. The van der Waals surface area contributed by atoms with E-state index in [2.05, 4.69) is 39.6 Å². The van der Waals surface area contributed by atoms with Crippen LogP contribution in [0.15, 0.2) is 41.7 Å². The first-order chi connectivity index (χ1) is 9.78.